The van der Waals surface area contributed by atoms with Gasteiger partial charge in [-0.25, -0.2) is 0 Å². The number of fused-ring (bicyclic) bond motifs is 2. The van der Waals surface area contributed by atoms with Crippen molar-refractivity contribution >= 4 is 119 Å². The lowest BCUT2D eigenvalue weighted by atomic mass is 10.1. The molecule has 22 heavy (non-hydrogen) atoms. The molecule has 2 aromatic rings. The predicted molar refractivity (Wildman–Crippen MR) is 140 cm³/mol. The minimum atomic E-state index is 0. The summed E-state index contributed by atoms with van der Waals surface area (Å²) in [4.78, 5) is 2.66. The maximum atomic E-state index is 3.61. The fraction of sp³-hybridized carbons (Fsp3) is 0.200. The lowest BCUT2D eigenvalue weighted by Crippen LogP contribution is -2.04. The van der Waals surface area contributed by atoms with Crippen LogP contribution in [0.15, 0.2) is 46.2 Å². The summed E-state index contributed by atoms with van der Waals surface area (Å²) < 4.78 is 0. The van der Waals surface area contributed by atoms with Crippen molar-refractivity contribution in [1.29, 1.82) is 0 Å². The molecule has 0 unspecified atom stereocenters. The van der Waals surface area contributed by atoms with Crippen molar-refractivity contribution in [2.24, 2.45) is 0 Å². The summed E-state index contributed by atoms with van der Waals surface area (Å²) in [5, 5.41) is 3.61. The van der Waals surface area contributed by atoms with Crippen LogP contribution in [0.25, 0.3) is 0 Å². The van der Waals surface area contributed by atoms with E-state index in [1.54, 1.807) is 0 Å². The summed E-state index contributed by atoms with van der Waals surface area (Å²) in [6.07, 6.45) is 1.07. The number of nitrogens with one attached hydrogen (secondary N) is 1. The lowest BCUT2D eigenvalue weighted by Gasteiger charge is -2.24. The van der Waals surface area contributed by atoms with E-state index in [2.05, 4.69) is 55.6 Å². The van der Waals surface area contributed by atoms with Crippen LogP contribution in [0.5, 0.6) is 0 Å². The van der Waals surface area contributed by atoms with Gasteiger partial charge in [0.05, 0.1) is 11.4 Å². The molecule has 1 heterocycles. The summed E-state index contributed by atoms with van der Waals surface area (Å²) in [7, 11) is 0. The SMILES string of the molecule is CCc1cccc2c1Nc1c(C)cccc1S2.I.I.I.I.O. The highest BCUT2D eigenvalue weighted by molar-refractivity contribution is 14.0. The molecule has 0 radical (unpaired) electrons. The summed E-state index contributed by atoms with van der Waals surface area (Å²) in [5.41, 5.74) is 5.27. The molecule has 0 aliphatic carbocycles. The number of para-hydroxylation sites is 2. The third kappa shape index (κ3) is 5.77. The highest BCUT2D eigenvalue weighted by Gasteiger charge is 2.18. The summed E-state index contributed by atoms with van der Waals surface area (Å²) in [6, 6.07) is 13.0. The molecular weight excluding hydrogens is 750 g/mol. The van der Waals surface area contributed by atoms with Gasteiger partial charge in [0.15, 0.2) is 0 Å². The molecule has 7 heteroatoms. The standard InChI is InChI=1S/C15H15NS.4HI.H2O/c1-3-11-7-5-9-13-15(11)16-14-10(2)6-4-8-12(14)17-13;;;;;/h4-9,16H,3H2,1-2H3;4*1H;1H2. The van der Waals surface area contributed by atoms with Gasteiger partial charge in [0.1, 0.15) is 0 Å². The molecule has 0 fully saturated rings. The Morgan fingerprint density at radius 2 is 1.41 bits per heavy atom. The Bertz CT molecular complexity index is 596. The number of rotatable bonds is 1. The van der Waals surface area contributed by atoms with Crippen LogP contribution in [0.3, 0.4) is 0 Å². The summed E-state index contributed by atoms with van der Waals surface area (Å²) in [6.45, 7) is 4.36. The molecule has 0 saturated carbocycles. The Morgan fingerprint density at radius 3 is 2.00 bits per heavy atom. The Kier molecular flexibility index (Phi) is 16.4. The molecule has 1 aliphatic rings. The van der Waals surface area contributed by atoms with Crippen molar-refractivity contribution in [3.8, 4) is 0 Å². The number of hydrogen-bond donors (Lipinski definition) is 1. The average molecular weight is 771 g/mol. The normalized spacial score (nSPS) is 9.73. The topological polar surface area (TPSA) is 43.5 Å². The smallest absolute Gasteiger partial charge is 0.0558 e. The van der Waals surface area contributed by atoms with Gasteiger partial charge in [-0.3, -0.25) is 0 Å². The Hall–Kier alpha value is 1.47. The zero-order chi connectivity index (χ0) is 11.8. The fourth-order valence-electron chi connectivity index (χ4n) is 2.23. The highest BCUT2D eigenvalue weighted by atomic mass is 127. The maximum absolute atomic E-state index is 3.61. The van der Waals surface area contributed by atoms with Gasteiger partial charge in [0, 0.05) is 9.79 Å². The van der Waals surface area contributed by atoms with Crippen LogP contribution in [0.4, 0.5) is 11.4 Å². The first-order chi connectivity index (χ1) is 8.29. The third-order valence-electron chi connectivity index (χ3n) is 3.20. The van der Waals surface area contributed by atoms with Gasteiger partial charge in [-0.2, -0.15) is 0 Å². The van der Waals surface area contributed by atoms with Gasteiger partial charge in [-0.05, 0) is 36.6 Å². The zero-order valence-electron chi connectivity index (χ0n) is 12.2. The van der Waals surface area contributed by atoms with E-state index in [0.29, 0.717) is 0 Å². The second-order valence-electron chi connectivity index (χ2n) is 4.32. The molecule has 0 spiro atoms. The first-order valence-corrected chi connectivity index (χ1v) is 6.77. The van der Waals surface area contributed by atoms with Crippen molar-refractivity contribution in [1.82, 2.24) is 0 Å². The Labute approximate surface area is 204 Å². The van der Waals surface area contributed by atoms with Crippen LogP contribution >= 0.6 is 108 Å². The Balaban J connectivity index is -0.000000722. The van der Waals surface area contributed by atoms with Crippen molar-refractivity contribution in [2.75, 3.05) is 5.32 Å². The molecule has 0 atom stereocenters. The van der Waals surface area contributed by atoms with Crippen molar-refractivity contribution in [2.45, 2.75) is 30.1 Å². The quantitative estimate of drug-likeness (QED) is 0.291. The number of halogens is 4. The molecule has 3 N–H and O–H groups in total. The largest absolute Gasteiger partial charge is 0.412 e. The van der Waals surface area contributed by atoms with Crippen LogP contribution in [-0.4, -0.2) is 5.48 Å². The predicted octanol–water partition coefficient (Wildman–Crippen LogP) is 6.41. The van der Waals surface area contributed by atoms with Crippen LogP contribution in [-0.2, 0) is 6.42 Å². The van der Waals surface area contributed by atoms with Crippen LogP contribution in [0.2, 0.25) is 0 Å². The molecule has 126 valence electrons. The average Bonchev–Trinajstić information content (AvgIpc) is 2.36. The van der Waals surface area contributed by atoms with E-state index in [9.17, 15) is 0 Å². The molecule has 3 rings (SSSR count). The first-order valence-electron chi connectivity index (χ1n) is 5.96. The van der Waals surface area contributed by atoms with E-state index >= 15 is 0 Å². The second kappa shape index (κ2) is 12.8. The molecule has 2 nitrogen and oxygen atoms in total. The van der Waals surface area contributed by atoms with E-state index < -0.39 is 0 Å². The minimum Gasteiger partial charge on any atom is -0.412 e. The van der Waals surface area contributed by atoms with Crippen LogP contribution < -0.4 is 5.32 Å². The number of anilines is 2. The van der Waals surface area contributed by atoms with E-state index in [1.807, 2.05) is 11.8 Å². The molecule has 0 aromatic heterocycles. The molecular formula is C15H21I4NOS. The van der Waals surface area contributed by atoms with Crippen molar-refractivity contribution in [3.63, 3.8) is 0 Å². The maximum Gasteiger partial charge on any atom is 0.0558 e. The number of benzene rings is 2. The second-order valence-corrected chi connectivity index (χ2v) is 5.40. The molecule has 0 amide bonds. The third-order valence-corrected chi connectivity index (χ3v) is 4.32. The zero-order valence-corrected chi connectivity index (χ0v) is 22.4. The molecule has 1 aliphatic heterocycles. The minimum absolute atomic E-state index is 0. The number of hydrogen-bond acceptors (Lipinski definition) is 2. The molecule has 0 saturated heterocycles. The molecule has 2 aromatic carbocycles. The Morgan fingerprint density at radius 1 is 0.864 bits per heavy atom. The summed E-state index contributed by atoms with van der Waals surface area (Å²) in [5.74, 6) is 0. The fourth-order valence-corrected chi connectivity index (χ4v) is 3.36. The van der Waals surface area contributed by atoms with E-state index in [0.717, 1.165) is 6.42 Å². The first kappa shape index (κ1) is 28.3. The lowest BCUT2D eigenvalue weighted by molar-refractivity contribution is 0.824. The van der Waals surface area contributed by atoms with Crippen molar-refractivity contribution < 1.29 is 5.48 Å². The van der Waals surface area contributed by atoms with Gasteiger partial charge >= 0.3 is 0 Å². The van der Waals surface area contributed by atoms with Gasteiger partial charge in [0.25, 0.3) is 0 Å². The van der Waals surface area contributed by atoms with Gasteiger partial charge in [-0.1, -0.05) is 43.0 Å². The van der Waals surface area contributed by atoms with Gasteiger partial charge in [0.2, 0.25) is 0 Å². The molecule has 0 bridgehead atoms. The summed E-state index contributed by atoms with van der Waals surface area (Å²) >= 11 is 1.86. The monoisotopic (exact) mass is 771 g/mol. The van der Waals surface area contributed by atoms with E-state index in [1.165, 1.54) is 32.3 Å². The van der Waals surface area contributed by atoms with E-state index in [-0.39, 0.29) is 101 Å². The van der Waals surface area contributed by atoms with Crippen molar-refractivity contribution in [3.05, 3.63) is 47.5 Å². The van der Waals surface area contributed by atoms with Gasteiger partial charge in [-0.15, -0.1) is 95.9 Å². The van der Waals surface area contributed by atoms with Crippen LogP contribution in [0.1, 0.15) is 18.1 Å². The van der Waals surface area contributed by atoms with E-state index in [4.69, 9.17) is 0 Å². The van der Waals surface area contributed by atoms with Crippen LogP contribution in [0, 0.1) is 6.92 Å². The number of aryl methyl sites for hydroxylation is 2. The van der Waals surface area contributed by atoms with Gasteiger partial charge < -0.3 is 10.8 Å². The highest BCUT2D eigenvalue weighted by Crippen LogP contribution is 2.46.